The summed E-state index contributed by atoms with van der Waals surface area (Å²) < 4.78 is 40.2. The van der Waals surface area contributed by atoms with Crippen LogP contribution in [0.2, 0.25) is 0 Å². The number of benzene rings is 2. The monoisotopic (exact) mass is 455 g/mol. The molecule has 0 radical (unpaired) electrons. The quantitative estimate of drug-likeness (QED) is 0.418. The average molecular weight is 455 g/mol. The fraction of sp³-hybridized carbons (Fsp3) is 0.182. The van der Waals surface area contributed by atoms with Gasteiger partial charge in [-0.2, -0.15) is 4.72 Å². The van der Waals surface area contributed by atoms with Crippen LogP contribution < -0.4 is 15.8 Å². The summed E-state index contributed by atoms with van der Waals surface area (Å²) in [5, 5.41) is 2.70. The van der Waals surface area contributed by atoms with Gasteiger partial charge in [-0.15, -0.1) is 0 Å². The molecule has 0 aliphatic carbocycles. The summed E-state index contributed by atoms with van der Waals surface area (Å²) in [6.07, 6.45) is 1.64. The van der Waals surface area contributed by atoms with Crippen molar-refractivity contribution in [3.63, 3.8) is 0 Å². The van der Waals surface area contributed by atoms with Crippen molar-refractivity contribution >= 4 is 27.0 Å². The van der Waals surface area contributed by atoms with Crippen LogP contribution in [0.1, 0.15) is 11.3 Å². The van der Waals surface area contributed by atoms with E-state index in [9.17, 15) is 18.0 Å². The third kappa shape index (κ3) is 4.66. The summed E-state index contributed by atoms with van der Waals surface area (Å²) >= 11 is 0. The maximum Gasteiger partial charge on any atom is 0.419 e. The molecule has 0 spiro atoms. The van der Waals surface area contributed by atoms with Crippen molar-refractivity contribution in [1.29, 1.82) is 0 Å². The number of hydrogen-bond acceptors (Lipinski definition) is 6. The third-order valence-corrected chi connectivity index (χ3v) is 6.46. The number of oxazole rings is 1. The van der Waals surface area contributed by atoms with Gasteiger partial charge in [0.05, 0.1) is 23.2 Å². The highest BCUT2D eigenvalue weighted by Gasteiger charge is 2.27. The predicted octanol–water partition coefficient (Wildman–Crippen LogP) is 1.93. The molecule has 0 fully saturated rings. The first kappa shape index (κ1) is 21.6. The summed E-state index contributed by atoms with van der Waals surface area (Å²) in [5.74, 6) is -0.549. The number of furan rings is 1. The van der Waals surface area contributed by atoms with E-state index < -0.39 is 27.7 Å². The van der Waals surface area contributed by atoms with Crippen LogP contribution in [0.3, 0.4) is 0 Å². The maximum absolute atomic E-state index is 13.1. The Bertz CT molecular complexity index is 1390. The molecule has 9 nitrogen and oxygen atoms in total. The van der Waals surface area contributed by atoms with Crippen LogP contribution in [0, 0.1) is 0 Å². The largest absolute Gasteiger partial charge is 0.467 e. The second-order valence-corrected chi connectivity index (χ2v) is 8.93. The zero-order chi connectivity index (χ0) is 22.7. The molecule has 0 saturated carbocycles. The molecule has 0 aliphatic rings. The molecule has 0 bridgehead atoms. The lowest BCUT2D eigenvalue weighted by atomic mass is 10.1. The number of nitrogens with one attached hydrogen (secondary N) is 2. The van der Waals surface area contributed by atoms with Crippen molar-refractivity contribution in [3.05, 3.63) is 88.8 Å². The van der Waals surface area contributed by atoms with Crippen molar-refractivity contribution in [1.82, 2.24) is 14.6 Å². The number of carbonyl (C=O) groups excluding carboxylic acids is 1. The number of nitrogens with zero attached hydrogens (tertiary/aromatic N) is 1. The number of aryl methyl sites for hydroxylation is 1. The molecule has 2 heterocycles. The third-order valence-electron chi connectivity index (χ3n) is 4.99. The molecule has 2 aromatic carbocycles. The number of hydrogen-bond donors (Lipinski definition) is 2. The van der Waals surface area contributed by atoms with E-state index in [4.69, 9.17) is 8.83 Å². The normalized spacial score (nSPS) is 12.7. The van der Waals surface area contributed by atoms with E-state index >= 15 is 0 Å². The molecule has 166 valence electrons. The first-order valence-corrected chi connectivity index (χ1v) is 11.3. The minimum absolute atomic E-state index is 0.115. The zero-order valence-electron chi connectivity index (χ0n) is 17.1. The minimum atomic E-state index is -4.10. The van der Waals surface area contributed by atoms with E-state index in [2.05, 4.69) is 10.0 Å². The number of amides is 1. The number of rotatable bonds is 8. The van der Waals surface area contributed by atoms with Crippen LogP contribution in [0.15, 0.2) is 85.5 Å². The lowest BCUT2D eigenvalue weighted by Gasteiger charge is -2.18. The van der Waals surface area contributed by atoms with Crippen LogP contribution >= 0.6 is 0 Å². The van der Waals surface area contributed by atoms with E-state index in [1.165, 1.54) is 36.1 Å². The Hall–Kier alpha value is -3.63. The Morgan fingerprint density at radius 3 is 2.59 bits per heavy atom. The Balaban J connectivity index is 1.59. The molecule has 4 aromatic rings. The van der Waals surface area contributed by atoms with E-state index in [0.29, 0.717) is 11.3 Å². The molecule has 10 heteroatoms. The second kappa shape index (κ2) is 8.85. The fourth-order valence-electron chi connectivity index (χ4n) is 3.28. The van der Waals surface area contributed by atoms with Gasteiger partial charge >= 0.3 is 5.76 Å². The summed E-state index contributed by atoms with van der Waals surface area (Å²) in [6, 6.07) is 15.5. The fourth-order valence-corrected chi connectivity index (χ4v) is 4.50. The summed E-state index contributed by atoms with van der Waals surface area (Å²) in [4.78, 5) is 24.5. The van der Waals surface area contributed by atoms with Gasteiger partial charge in [0.25, 0.3) is 0 Å². The van der Waals surface area contributed by atoms with Gasteiger partial charge in [-0.05, 0) is 36.2 Å². The van der Waals surface area contributed by atoms with Gasteiger partial charge in [0.1, 0.15) is 11.8 Å². The van der Waals surface area contributed by atoms with Crippen LogP contribution in [-0.4, -0.2) is 24.9 Å². The highest BCUT2D eigenvalue weighted by atomic mass is 32.2. The molecule has 2 aromatic heterocycles. The van der Waals surface area contributed by atoms with Crippen LogP contribution in [-0.2, 0) is 34.8 Å². The number of aromatic nitrogens is 1. The van der Waals surface area contributed by atoms with Gasteiger partial charge in [0.2, 0.25) is 15.9 Å². The number of fused-ring (bicyclic) bond motifs is 1. The number of carbonyl (C=O) groups is 1. The highest BCUT2D eigenvalue weighted by molar-refractivity contribution is 7.89. The molecule has 1 amide bonds. The SMILES string of the molecule is Cn1c(=O)oc2cc(S(=O)(=O)N[C@H](Cc3ccccc3)C(=O)NCc3ccco3)ccc21. The summed E-state index contributed by atoms with van der Waals surface area (Å²) in [5.41, 5.74) is 1.39. The van der Waals surface area contributed by atoms with Crippen LogP contribution in [0.5, 0.6) is 0 Å². The smallest absolute Gasteiger partial charge is 0.419 e. The van der Waals surface area contributed by atoms with Gasteiger partial charge in [-0.3, -0.25) is 9.36 Å². The molecule has 1 atom stereocenters. The van der Waals surface area contributed by atoms with Crippen molar-refractivity contribution in [3.8, 4) is 0 Å². The molecular weight excluding hydrogens is 434 g/mol. The topological polar surface area (TPSA) is 124 Å². The molecule has 32 heavy (non-hydrogen) atoms. The van der Waals surface area contributed by atoms with Crippen molar-refractivity contribution in [2.45, 2.75) is 23.9 Å². The van der Waals surface area contributed by atoms with E-state index in [1.54, 1.807) is 12.1 Å². The maximum atomic E-state index is 13.1. The first-order chi connectivity index (χ1) is 15.3. The zero-order valence-corrected chi connectivity index (χ0v) is 18.0. The molecule has 4 rings (SSSR count). The van der Waals surface area contributed by atoms with Gasteiger partial charge in [0, 0.05) is 13.1 Å². The van der Waals surface area contributed by atoms with Gasteiger partial charge in [-0.1, -0.05) is 30.3 Å². The minimum Gasteiger partial charge on any atom is -0.467 e. The second-order valence-electron chi connectivity index (χ2n) is 7.22. The molecular formula is C22H21N3O6S. The van der Waals surface area contributed by atoms with Gasteiger partial charge in [-0.25, -0.2) is 13.2 Å². The standard InChI is InChI=1S/C22H21N3O6S/c1-25-19-10-9-17(13-20(19)31-22(25)27)32(28,29)24-18(12-15-6-3-2-4-7-15)21(26)23-14-16-8-5-11-30-16/h2-11,13,18,24H,12,14H2,1H3,(H,23,26)/t18-/m1/s1. The summed E-state index contributed by atoms with van der Waals surface area (Å²) in [7, 11) is -2.57. The lowest BCUT2D eigenvalue weighted by molar-refractivity contribution is -0.122. The Morgan fingerprint density at radius 1 is 1.09 bits per heavy atom. The van der Waals surface area contributed by atoms with Crippen molar-refractivity contribution < 1.29 is 22.0 Å². The highest BCUT2D eigenvalue weighted by Crippen LogP contribution is 2.19. The Kier molecular flexibility index (Phi) is 5.97. The molecule has 0 aliphatic heterocycles. The molecule has 0 unspecified atom stereocenters. The van der Waals surface area contributed by atoms with Crippen molar-refractivity contribution in [2.75, 3.05) is 0 Å². The van der Waals surface area contributed by atoms with Crippen molar-refractivity contribution in [2.24, 2.45) is 7.05 Å². The van der Waals surface area contributed by atoms with Gasteiger partial charge in [0.15, 0.2) is 5.58 Å². The first-order valence-electron chi connectivity index (χ1n) is 9.79. The number of sulfonamides is 1. The Labute approximate surface area is 183 Å². The molecule has 2 N–H and O–H groups in total. The van der Waals surface area contributed by atoms with Crippen LogP contribution in [0.25, 0.3) is 11.1 Å². The lowest BCUT2D eigenvalue weighted by Crippen LogP contribution is -2.47. The predicted molar refractivity (Wildman–Crippen MR) is 116 cm³/mol. The Morgan fingerprint density at radius 2 is 1.88 bits per heavy atom. The van der Waals surface area contributed by atoms with E-state index in [1.807, 2.05) is 30.3 Å². The molecule has 0 saturated heterocycles. The van der Waals surface area contributed by atoms with Crippen LogP contribution in [0.4, 0.5) is 0 Å². The average Bonchev–Trinajstić information content (AvgIpc) is 3.40. The van der Waals surface area contributed by atoms with Gasteiger partial charge < -0.3 is 14.2 Å². The summed E-state index contributed by atoms with van der Waals surface area (Å²) in [6.45, 7) is 0.125. The van der Waals surface area contributed by atoms with E-state index in [-0.39, 0.29) is 23.4 Å². The van der Waals surface area contributed by atoms with E-state index in [0.717, 1.165) is 5.56 Å².